The van der Waals surface area contributed by atoms with E-state index in [4.69, 9.17) is 4.74 Å². The summed E-state index contributed by atoms with van der Waals surface area (Å²) < 4.78 is 5.18. The van der Waals surface area contributed by atoms with Gasteiger partial charge in [-0.2, -0.15) is 0 Å². The van der Waals surface area contributed by atoms with E-state index in [-0.39, 0.29) is 18.3 Å². The Kier molecular flexibility index (Phi) is 5.56. The number of carbonyl (C=O) groups is 1. The van der Waals surface area contributed by atoms with Crippen LogP contribution in [0.3, 0.4) is 0 Å². The number of rotatable bonds is 2. The standard InChI is InChI=1S/C10H20N2O2.ClH/c1-8-7-12(6-5-11-8)9(13)10(2,3)14-4;/h8,11H,5-7H2,1-4H3;1H/t8-;/m1./s1. The second-order valence-electron chi connectivity index (χ2n) is 4.32. The maximum Gasteiger partial charge on any atom is 0.254 e. The van der Waals surface area contributed by atoms with Crippen molar-refractivity contribution in [2.24, 2.45) is 0 Å². The van der Waals surface area contributed by atoms with E-state index in [1.807, 2.05) is 18.7 Å². The van der Waals surface area contributed by atoms with E-state index in [9.17, 15) is 4.79 Å². The summed E-state index contributed by atoms with van der Waals surface area (Å²) in [4.78, 5) is 13.8. The average Bonchev–Trinajstić information content (AvgIpc) is 2.16. The third-order valence-corrected chi connectivity index (χ3v) is 2.68. The van der Waals surface area contributed by atoms with E-state index in [0.29, 0.717) is 6.04 Å². The number of hydrogen-bond donors (Lipinski definition) is 1. The molecule has 1 atom stereocenters. The minimum atomic E-state index is -0.697. The van der Waals surface area contributed by atoms with Crippen LogP contribution in [0.2, 0.25) is 0 Å². The summed E-state index contributed by atoms with van der Waals surface area (Å²) in [6.07, 6.45) is 0. The van der Waals surface area contributed by atoms with Gasteiger partial charge in [-0.15, -0.1) is 12.4 Å². The molecule has 0 aromatic rings. The molecule has 1 N–H and O–H groups in total. The predicted octanol–water partition coefficient (Wildman–Crippen LogP) is 0.654. The molecule has 1 aliphatic rings. The molecule has 1 heterocycles. The number of carbonyl (C=O) groups excluding carboxylic acids is 1. The van der Waals surface area contributed by atoms with Gasteiger partial charge in [0.25, 0.3) is 5.91 Å². The molecule has 0 saturated carbocycles. The summed E-state index contributed by atoms with van der Waals surface area (Å²) in [6.45, 7) is 8.11. The van der Waals surface area contributed by atoms with Gasteiger partial charge >= 0.3 is 0 Å². The number of hydrogen-bond acceptors (Lipinski definition) is 3. The van der Waals surface area contributed by atoms with Gasteiger partial charge in [0.05, 0.1) is 0 Å². The summed E-state index contributed by atoms with van der Waals surface area (Å²) >= 11 is 0. The Morgan fingerprint density at radius 3 is 2.60 bits per heavy atom. The number of methoxy groups -OCH3 is 1. The van der Waals surface area contributed by atoms with E-state index >= 15 is 0 Å². The van der Waals surface area contributed by atoms with Crippen molar-refractivity contribution in [2.45, 2.75) is 32.4 Å². The fourth-order valence-corrected chi connectivity index (χ4v) is 1.58. The van der Waals surface area contributed by atoms with E-state index in [0.717, 1.165) is 19.6 Å². The number of piperazine rings is 1. The van der Waals surface area contributed by atoms with Gasteiger partial charge in [0, 0.05) is 32.8 Å². The van der Waals surface area contributed by atoms with Crippen LogP contribution >= 0.6 is 12.4 Å². The van der Waals surface area contributed by atoms with Crippen LogP contribution in [0.15, 0.2) is 0 Å². The second kappa shape index (κ2) is 5.68. The van der Waals surface area contributed by atoms with Crippen LogP contribution in [-0.4, -0.2) is 49.2 Å². The summed E-state index contributed by atoms with van der Waals surface area (Å²) in [5.41, 5.74) is -0.697. The van der Waals surface area contributed by atoms with E-state index in [2.05, 4.69) is 12.2 Å². The molecule has 0 radical (unpaired) electrons. The molecule has 15 heavy (non-hydrogen) atoms. The normalized spacial score (nSPS) is 22.1. The first-order valence-electron chi connectivity index (χ1n) is 5.05. The van der Waals surface area contributed by atoms with Gasteiger partial charge in [-0.3, -0.25) is 4.79 Å². The second-order valence-corrected chi connectivity index (χ2v) is 4.32. The number of nitrogens with one attached hydrogen (secondary N) is 1. The first-order chi connectivity index (χ1) is 6.47. The molecular formula is C10H21ClN2O2. The lowest BCUT2D eigenvalue weighted by atomic mass is 10.1. The van der Waals surface area contributed by atoms with Crippen LogP contribution in [0.5, 0.6) is 0 Å². The molecule has 0 aromatic carbocycles. The quantitative estimate of drug-likeness (QED) is 0.766. The van der Waals surface area contributed by atoms with E-state index in [1.54, 1.807) is 7.11 Å². The van der Waals surface area contributed by atoms with Crippen LogP contribution in [-0.2, 0) is 9.53 Å². The lowest BCUT2D eigenvalue weighted by molar-refractivity contribution is -0.152. The third-order valence-electron chi connectivity index (χ3n) is 2.68. The van der Waals surface area contributed by atoms with Crippen molar-refractivity contribution in [1.29, 1.82) is 0 Å². The zero-order valence-electron chi connectivity index (χ0n) is 9.87. The molecule has 4 nitrogen and oxygen atoms in total. The molecule has 0 bridgehead atoms. The molecule has 1 aliphatic heterocycles. The monoisotopic (exact) mass is 236 g/mol. The zero-order chi connectivity index (χ0) is 10.8. The Labute approximate surface area is 97.8 Å². The number of ether oxygens (including phenoxy) is 1. The van der Waals surface area contributed by atoms with Crippen LogP contribution in [0.1, 0.15) is 20.8 Å². The maximum absolute atomic E-state index is 12.0. The van der Waals surface area contributed by atoms with Crippen LogP contribution in [0.4, 0.5) is 0 Å². The molecule has 1 rings (SSSR count). The van der Waals surface area contributed by atoms with Gasteiger partial charge in [-0.05, 0) is 20.8 Å². The maximum atomic E-state index is 12.0. The van der Waals surface area contributed by atoms with Crippen molar-refractivity contribution in [1.82, 2.24) is 10.2 Å². The first kappa shape index (κ1) is 14.7. The smallest absolute Gasteiger partial charge is 0.254 e. The van der Waals surface area contributed by atoms with Crippen molar-refractivity contribution in [2.75, 3.05) is 26.7 Å². The summed E-state index contributed by atoms with van der Waals surface area (Å²) in [7, 11) is 1.57. The topological polar surface area (TPSA) is 41.6 Å². The Morgan fingerprint density at radius 1 is 1.53 bits per heavy atom. The molecule has 90 valence electrons. The predicted molar refractivity (Wildman–Crippen MR) is 62.4 cm³/mol. The van der Waals surface area contributed by atoms with Crippen molar-refractivity contribution in [3.8, 4) is 0 Å². The zero-order valence-corrected chi connectivity index (χ0v) is 10.7. The lowest BCUT2D eigenvalue weighted by Gasteiger charge is -2.36. The Morgan fingerprint density at radius 2 is 2.13 bits per heavy atom. The van der Waals surface area contributed by atoms with Crippen molar-refractivity contribution in [3.05, 3.63) is 0 Å². The third kappa shape index (κ3) is 3.63. The molecule has 0 aromatic heterocycles. The number of amides is 1. The van der Waals surface area contributed by atoms with Crippen molar-refractivity contribution < 1.29 is 9.53 Å². The van der Waals surface area contributed by atoms with Gasteiger partial charge in [0.15, 0.2) is 0 Å². The fourth-order valence-electron chi connectivity index (χ4n) is 1.58. The number of halogens is 1. The van der Waals surface area contributed by atoms with Crippen molar-refractivity contribution in [3.63, 3.8) is 0 Å². The van der Waals surface area contributed by atoms with Gasteiger partial charge in [0.2, 0.25) is 0 Å². The Bertz CT molecular complexity index is 221. The molecule has 0 spiro atoms. The highest BCUT2D eigenvalue weighted by molar-refractivity contribution is 5.85. The van der Waals surface area contributed by atoms with E-state index in [1.165, 1.54) is 0 Å². The molecule has 1 saturated heterocycles. The van der Waals surface area contributed by atoms with E-state index < -0.39 is 5.60 Å². The molecule has 1 fully saturated rings. The van der Waals surface area contributed by atoms with Gasteiger partial charge in [-0.1, -0.05) is 0 Å². The molecule has 5 heteroatoms. The molecular weight excluding hydrogens is 216 g/mol. The average molecular weight is 237 g/mol. The summed E-state index contributed by atoms with van der Waals surface area (Å²) in [6, 6.07) is 0.375. The highest BCUT2D eigenvalue weighted by Gasteiger charge is 2.33. The molecule has 0 aliphatic carbocycles. The highest BCUT2D eigenvalue weighted by atomic mass is 35.5. The van der Waals surface area contributed by atoms with Gasteiger partial charge in [0.1, 0.15) is 5.60 Å². The minimum absolute atomic E-state index is 0. The lowest BCUT2D eigenvalue weighted by Crippen LogP contribution is -2.56. The highest BCUT2D eigenvalue weighted by Crippen LogP contribution is 2.13. The Balaban J connectivity index is 0.00000196. The van der Waals surface area contributed by atoms with Gasteiger partial charge in [-0.25, -0.2) is 0 Å². The number of nitrogens with zero attached hydrogens (tertiary/aromatic N) is 1. The summed E-state index contributed by atoms with van der Waals surface area (Å²) in [5, 5.41) is 3.30. The first-order valence-corrected chi connectivity index (χ1v) is 5.05. The molecule has 1 amide bonds. The van der Waals surface area contributed by atoms with Crippen LogP contribution in [0.25, 0.3) is 0 Å². The largest absolute Gasteiger partial charge is 0.369 e. The fraction of sp³-hybridized carbons (Fsp3) is 0.900. The van der Waals surface area contributed by atoms with Crippen LogP contribution < -0.4 is 5.32 Å². The van der Waals surface area contributed by atoms with Crippen LogP contribution in [0, 0.1) is 0 Å². The molecule has 0 unspecified atom stereocenters. The van der Waals surface area contributed by atoms with Crippen molar-refractivity contribution >= 4 is 18.3 Å². The summed E-state index contributed by atoms with van der Waals surface area (Å²) in [5.74, 6) is 0.0772. The SMILES string of the molecule is COC(C)(C)C(=O)N1CCN[C@H](C)C1.Cl. The minimum Gasteiger partial charge on any atom is -0.369 e. The van der Waals surface area contributed by atoms with Gasteiger partial charge < -0.3 is 15.0 Å². The Hall–Kier alpha value is -0.320.